The number of halogens is 3. The third-order valence-electron chi connectivity index (χ3n) is 1.81. The molecule has 0 aliphatic carbocycles. The van der Waals surface area contributed by atoms with Crippen molar-refractivity contribution in [2.45, 2.75) is 18.7 Å². The molecule has 0 fully saturated rings. The van der Waals surface area contributed by atoms with E-state index in [4.69, 9.17) is 5.11 Å². The molecule has 0 heterocycles. The van der Waals surface area contributed by atoms with Gasteiger partial charge in [-0.2, -0.15) is 13.2 Å². The quantitative estimate of drug-likeness (QED) is 0.567. The van der Waals surface area contributed by atoms with Gasteiger partial charge in [-0.15, -0.1) is 0 Å². The molecule has 0 radical (unpaired) electrons. The molecule has 0 rings (SSSR count). The Morgan fingerprint density at radius 1 is 1.19 bits per heavy atom. The second-order valence-electron chi connectivity index (χ2n) is 2.89. The number of esters is 2. The zero-order chi connectivity index (χ0) is 12.9. The van der Waals surface area contributed by atoms with Crippen LogP contribution in [0.25, 0.3) is 0 Å². The molecule has 94 valence electrons. The second kappa shape index (κ2) is 5.69. The highest BCUT2D eigenvalue weighted by molar-refractivity contribution is 5.94. The maximum atomic E-state index is 12.0. The van der Waals surface area contributed by atoms with Gasteiger partial charge in [-0.05, 0) is 0 Å². The molecule has 0 spiro atoms. The van der Waals surface area contributed by atoms with E-state index in [0.29, 0.717) is 0 Å². The van der Waals surface area contributed by atoms with E-state index in [-0.39, 0.29) is 0 Å². The summed E-state index contributed by atoms with van der Waals surface area (Å²) in [5.41, 5.74) is 0. The first-order valence-corrected chi connectivity index (χ1v) is 4.14. The van der Waals surface area contributed by atoms with Crippen molar-refractivity contribution in [3.8, 4) is 0 Å². The van der Waals surface area contributed by atoms with Gasteiger partial charge < -0.3 is 14.6 Å². The molecular weight excluding hydrogens is 233 g/mol. The summed E-state index contributed by atoms with van der Waals surface area (Å²) in [5.74, 6) is -4.16. The minimum absolute atomic E-state index is 0.915. The van der Waals surface area contributed by atoms with Gasteiger partial charge >= 0.3 is 18.1 Å². The lowest BCUT2D eigenvalue weighted by atomic mass is 10.0. The lowest BCUT2D eigenvalue weighted by molar-refractivity contribution is -0.210. The molecule has 8 heteroatoms. The van der Waals surface area contributed by atoms with Crippen LogP contribution in [0, 0.1) is 5.92 Å². The minimum Gasteiger partial charge on any atom is -0.468 e. The van der Waals surface area contributed by atoms with Gasteiger partial charge in [0, 0.05) is 6.42 Å². The van der Waals surface area contributed by atoms with E-state index >= 15 is 0 Å². The molecule has 5 nitrogen and oxygen atoms in total. The van der Waals surface area contributed by atoms with Crippen molar-refractivity contribution in [3.05, 3.63) is 0 Å². The van der Waals surface area contributed by atoms with Crippen LogP contribution in [0.2, 0.25) is 0 Å². The van der Waals surface area contributed by atoms with E-state index in [0.717, 1.165) is 14.2 Å². The van der Waals surface area contributed by atoms with Gasteiger partial charge in [0.15, 0.2) is 12.0 Å². The lowest BCUT2D eigenvalue weighted by Crippen LogP contribution is -2.36. The van der Waals surface area contributed by atoms with E-state index in [2.05, 4.69) is 9.47 Å². The largest absolute Gasteiger partial charge is 0.468 e. The van der Waals surface area contributed by atoms with Gasteiger partial charge in [0.2, 0.25) is 0 Å². The number of alkyl halides is 3. The normalized spacial score (nSPS) is 13.4. The Balaban J connectivity index is 4.68. The number of hydrogen-bond acceptors (Lipinski definition) is 5. The summed E-state index contributed by atoms with van der Waals surface area (Å²) >= 11 is 0. The molecule has 0 saturated heterocycles. The van der Waals surface area contributed by atoms with Crippen LogP contribution in [0.4, 0.5) is 13.2 Å². The molecule has 0 aromatic carbocycles. The lowest BCUT2D eigenvalue weighted by Gasteiger charge is -2.18. The number of carbonyl (C=O) groups is 2. The highest BCUT2D eigenvalue weighted by Crippen LogP contribution is 2.25. The topological polar surface area (TPSA) is 72.8 Å². The fourth-order valence-corrected chi connectivity index (χ4v) is 0.930. The standard InChI is InChI=1S/C8H11F3O5/c1-15-6(13)4(7(14)16-2)3-5(12)8(9,10)11/h4-5,12H,3H2,1-2H3. The molecule has 16 heavy (non-hydrogen) atoms. The minimum atomic E-state index is -4.90. The number of carbonyl (C=O) groups excluding carboxylic acids is 2. The van der Waals surface area contributed by atoms with Crippen molar-refractivity contribution in [3.63, 3.8) is 0 Å². The van der Waals surface area contributed by atoms with Crippen LogP contribution in [-0.2, 0) is 19.1 Å². The number of methoxy groups -OCH3 is 2. The summed E-state index contributed by atoms with van der Waals surface area (Å²) in [6.07, 6.45) is -8.81. The zero-order valence-corrected chi connectivity index (χ0v) is 8.58. The molecule has 0 aromatic heterocycles. The van der Waals surface area contributed by atoms with Crippen molar-refractivity contribution in [1.82, 2.24) is 0 Å². The van der Waals surface area contributed by atoms with Crippen molar-refractivity contribution >= 4 is 11.9 Å². The maximum Gasteiger partial charge on any atom is 0.414 e. The summed E-state index contributed by atoms with van der Waals surface area (Å²) in [5, 5.41) is 8.70. The number of aliphatic hydroxyl groups excluding tert-OH is 1. The first-order chi connectivity index (χ1) is 7.23. The number of aliphatic hydroxyl groups is 1. The highest BCUT2D eigenvalue weighted by Gasteiger charge is 2.43. The van der Waals surface area contributed by atoms with E-state index < -0.39 is 36.6 Å². The Morgan fingerprint density at radius 2 is 1.56 bits per heavy atom. The van der Waals surface area contributed by atoms with Gasteiger partial charge in [0.1, 0.15) is 0 Å². The fraction of sp³-hybridized carbons (Fsp3) is 0.750. The Labute approximate surface area is 89.1 Å². The third-order valence-corrected chi connectivity index (χ3v) is 1.81. The first kappa shape index (κ1) is 14.7. The van der Waals surface area contributed by atoms with Crippen molar-refractivity contribution < 1.29 is 37.3 Å². The van der Waals surface area contributed by atoms with Crippen molar-refractivity contribution in [1.29, 1.82) is 0 Å². The molecule has 0 amide bonds. The maximum absolute atomic E-state index is 12.0. The van der Waals surface area contributed by atoms with Crippen LogP contribution in [0.3, 0.4) is 0 Å². The Morgan fingerprint density at radius 3 is 1.81 bits per heavy atom. The van der Waals surface area contributed by atoms with Gasteiger partial charge in [-0.25, -0.2) is 0 Å². The second-order valence-corrected chi connectivity index (χ2v) is 2.89. The van der Waals surface area contributed by atoms with Crippen molar-refractivity contribution in [2.24, 2.45) is 5.92 Å². The van der Waals surface area contributed by atoms with E-state index in [9.17, 15) is 22.8 Å². The zero-order valence-electron chi connectivity index (χ0n) is 8.58. The summed E-state index contributed by atoms with van der Waals surface area (Å²) < 4.78 is 44.2. The number of rotatable bonds is 4. The molecular formula is C8H11F3O5. The third kappa shape index (κ3) is 4.05. The summed E-state index contributed by atoms with van der Waals surface area (Å²) in [4.78, 5) is 21.9. The molecule has 1 unspecified atom stereocenters. The Kier molecular flexibility index (Phi) is 5.22. The number of ether oxygens (including phenoxy) is 2. The van der Waals surface area contributed by atoms with Crippen LogP contribution in [-0.4, -0.2) is 43.5 Å². The monoisotopic (exact) mass is 244 g/mol. The molecule has 0 aliphatic heterocycles. The van der Waals surface area contributed by atoms with E-state index in [1.54, 1.807) is 0 Å². The van der Waals surface area contributed by atoms with Crippen LogP contribution < -0.4 is 0 Å². The van der Waals surface area contributed by atoms with E-state index in [1.807, 2.05) is 0 Å². The molecule has 0 saturated carbocycles. The van der Waals surface area contributed by atoms with Gasteiger partial charge in [0.25, 0.3) is 0 Å². The number of hydrogen-bond donors (Lipinski definition) is 1. The summed E-state index contributed by atoms with van der Waals surface area (Å²) in [7, 11) is 1.83. The molecule has 1 N–H and O–H groups in total. The van der Waals surface area contributed by atoms with Crippen molar-refractivity contribution in [2.75, 3.05) is 14.2 Å². The van der Waals surface area contributed by atoms with Gasteiger partial charge in [0.05, 0.1) is 14.2 Å². The van der Waals surface area contributed by atoms with Crippen LogP contribution in [0.1, 0.15) is 6.42 Å². The molecule has 0 bridgehead atoms. The van der Waals surface area contributed by atoms with Crippen LogP contribution in [0.15, 0.2) is 0 Å². The van der Waals surface area contributed by atoms with Crippen LogP contribution >= 0.6 is 0 Å². The fourth-order valence-electron chi connectivity index (χ4n) is 0.930. The Hall–Kier alpha value is -1.31. The smallest absolute Gasteiger partial charge is 0.414 e. The molecule has 0 aliphatic rings. The first-order valence-electron chi connectivity index (χ1n) is 4.14. The average molecular weight is 244 g/mol. The van der Waals surface area contributed by atoms with Gasteiger partial charge in [-0.1, -0.05) is 0 Å². The average Bonchev–Trinajstić information content (AvgIpc) is 2.21. The summed E-state index contributed by atoms with van der Waals surface area (Å²) in [6.45, 7) is 0. The van der Waals surface area contributed by atoms with E-state index in [1.165, 1.54) is 0 Å². The summed E-state index contributed by atoms with van der Waals surface area (Å²) in [6, 6.07) is 0. The highest BCUT2D eigenvalue weighted by atomic mass is 19.4. The molecule has 1 atom stereocenters. The SMILES string of the molecule is COC(=O)C(CC(O)C(F)(F)F)C(=O)OC. The van der Waals surface area contributed by atoms with Crippen LogP contribution in [0.5, 0.6) is 0 Å². The Bertz CT molecular complexity index is 247. The van der Waals surface area contributed by atoms with Gasteiger partial charge in [-0.3, -0.25) is 9.59 Å². The predicted octanol–water partition coefficient (Wildman–Crippen LogP) is 0.262. The molecule has 0 aromatic rings. The predicted molar refractivity (Wildman–Crippen MR) is 44.2 cm³/mol.